The molecule has 0 aliphatic heterocycles. The van der Waals surface area contributed by atoms with Gasteiger partial charge in [-0.25, -0.2) is 8.42 Å². The van der Waals surface area contributed by atoms with Crippen LogP contribution in [-0.2, 0) is 16.4 Å². The zero-order valence-electron chi connectivity index (χ0n) is 14.9. The Morgan fingerprint density at radius 3 is 2.26 bits per heavy atom. The molecule has 0 unspecified atom stereocenters. The van der Waals surface area contributed by atoms with Gasteiger partial charge in [-0.1, -0.05) is 12.1 Å². The topological polar surface area (TPSA) is 90.4 Å². The summed E-state index contributed by atoms with van der Waals surface area (Å²) >= 11 is 0. The van der Waals surface area contributed by atoms with Crippen molar-refractivity contribution in [1.29, 1.82) is 0 Å². The molecule has 1 aromatic heterocycles. The highest BCUT2D eigenvalue weighted by Crippen LogP contribution is 2.22. The zero-order valence-corrected chi connectivity index (χ0v) is 15.7. The molecule has 0 saturated heterocycles. The number of nitrogens with one attached hydrogen (secondary N) is 1. The first-order valence-corrected chi connectivity index (χ1v) is 9.61. The maximum Gasteiger partial charge on any atom is 0.225 e. The van der Waals surface area contributed by atoms with Crippen molar-refractivity contribution in [2.45, 2.75) is 16.5 Å². The van der Waals surface area contributed by atoms with Crippen LogP contribution in [0.5, 0.6) is 11.5 Å². The number of benzene rings is 2. The first kappa shape index (κ1) is 18.7. The molecule has 7 nitrogen and oxygen atoms in total. The molecule has 0 fully saturated rings. The molecular formula is C19H19N3O4S. The highest BCUT2D eigenvalue weighted by molar-refractivity contribution is 7.91. The number of sulfone groups is 1. The van der Waals surface area contributed by atoms with Crippen LogP contribution < -0.4 is 14.8 Å². The third-order valence-electron chi connectivity index (χ3n) is 3.89. The Morgan fingerprint density at radius 2 is 1.63 bits per heavy atom. The predicted molar refractivity (Wildman–Crippen MR) is 101 cm³/mol. The molecule has 0 amide bonds. The third-order valence-corrected chi connectivity index (χ3v) is 5.55. The monoisotopic (exact) mass is 385 g/mol. The van der Waals surface area contributed by atoms with E-state index in [0.29, 0.717) is 18.1 Å². The van der Waals surface area contributed by atoms with E-state index in [4.69, 9.17) is 9.47 Å². The fourth-order valence-corrected chi connectivity index (χ4v) is 3.54. The average Bonchev–Trinajstić information content (AvgIpc) is 2.72. The second kappa shape index (κ2) is 8.05. The van der Waals surface area contributed by atoms with Crippen LogP contribution in [0, 0.1) is 0 Å². The summed E-state index contributed by atoms with van der Waals surface area (Å²) in [5.41, 5.74) is 1.01. The van der Waals surface area contributed by atoms with Gasteiger partial charge in [0.2, 0.25) is 9.84 Å². The van der Waals surface area contributed by atoms with Crippen LogP contribution in [0.3, 0.4) is 0 Å². The maximum atomic E-state index is 12.6. The Bertz CT molecular complexity index is 1000. The fraction of sp³-hybridized carbons (Fsp3) is 0.158. The van der Waals surface area contributed by atoms with Crippen LogP contribution in [0.4, 0.5) is 5.82 Å². The van der Waals surface area contributed by atoms with E-state index in [1.54, 1.807) is 25.3 Å². The van der Waals surface area contributed by atoms with Crippen molar-refractivity contribution in [3.8, 4) is 11.5 Å². The molecule has 0 aliphatic rings. The van der Waals surface area contributed by atoms with Gasteiger partial charge in [0.1, 0.15) is 17.3 Å². The molecule has 1 heterocycles. The van der Waals surface area contributed by atoms with Crippen LogP contribution in [0.25, 0.3) is 0 Å². The first-order chi connectivity index (χ1) is 13.0. The van der Waals surface area contributed by atoms with Gasteiger partial charge in [0.15, 0.2) is 5.03 Å². The maximum absolute atomic E-state index is 12.6. The summed E-state index contributed by atoms with van der Waals surface area (Å²) in [5.74, 6) is 1.82. The summed E-state index contributed by atoms with van der Waals surface area (Å²) in [4.78, 5) is 0.134. The van der Waals surface area contributed by atoms with E-state index in [-0.39, 0.29) is 9.92 Å². The number of nitrogens with zero attached hydrogens (tertiary/aromatic N) is 2. The molecule has 0 spiro atoms. The van der Waals surface area contributed by atoms with Gasteiger partial charge in [-0.15, -0.1) is 10.2 Å². The molecule has 1 N–H and O–H groups in total. The lowest BCUT2D eigenvalue weighted by atomic mass is 10.2. The van der Waals surface area contributed by atoms with Gasteiger partial charge in [0.25, 0.3) is 0 Å². The number of rotatable bonds is 7. The Hall–Kier alpha value is -3.13. The van der Waals surface area contributed by atoms with Gasteiger partial charge in [0.05, 0.1) is 19.1 Å². The normalized spacial score (nSPS) is 11.0. The molecular weight excluding hydrogens is 366 g/mol. The minimum absolute atomic E-state index is 0.111. The molecule has 3 aromatic rings. The number of ether oxygens (including phenoxy) is 2. The second-order valence-electron chi connectivity index (χ2n) is 5.64. The number of anilines is 1. The highest BCUT2D eigenvalue weighted by Gasteiger charge is 2.19. The highest BCUT2D eigenvalue weighted by atomic mass is 32.2. The van der Waals surface area contributed by atoms with E-state index in [1.165, 1.54) is 25.3 Å². The molecule has 0 atom stereocenters. The number of hydrogen-bond acceptors (Lipinski definition) is 7. The van der Waals surface area contributed by atoms with Crippen molar-refractivity contribution in [2.75, 3.05) is 19.5 Å². The number of aromatic nitrogens is 2. The zero-order chi connectivity index (χ0) is 19.3. The molecule has 3 rings (SSSR count). The average molecular weight is 385 g/mol. The summed E-state index contributed by atoms with van der Waals surface area (Å²) in [7, 11) is -0.599. The Morgan fingerprint density at radius 1 is 0.889 bits per heavy atom. The largest absolute Gasteiger partial charge is 0.497 e. The molecule has 0 radical (unpaired) electrons. The van der Waals surface area contributed by atoms with Crippen LogP contribution in [0.1, 0.15) is 5.56 Å². The van der Waals surface area contributed by atoms with Gasteiger partial charge in [0, 0.05) is 6.54 Å². The molecule has 0 saturated carbocycles. The van der Waals surface area contributed by atoms with Gasteiger partial charge in [-0.3, -0.25) is 0 Å². The fourth-order valence-electron chi connectivity index (χ4n) is 2.41. The predicted octanol–water partition coefficient (Wildman–Crippen LogP) is 2.94. The molecule has 2 aromatic carbocycles. The van der Waals surface area contributed by atoms with Crippen LogP contribution in [-0.4, -0.2) is 32.8 Å². The van der Waals surface area contributed by atoms with Crippen molar-refractivity contribution >= 4 is 15.7 Å². The van der Waals surface area contributed by atoms with Crippen molar-refractivity contribution in [3.05, 3.63) is 66.2 Å². The van der Waals surface area contributed by atoms with Gasteiger partial charge in [-0.2, -0.15) is 0 Å². The summed E-state index contributed by atoms with van der Waals surface area (Å²) in [6.45, 7) is 0.510. The lowest BCUT2D eigenvalue weighted by Crippen LogP contribution is -2.08. The Labute approximate surface area is 157 Å². The summed E-state index contributed by atoms with van der Waals surface area (Å²) in [6, 6.07) is 16.8. The molecule has 140 valence electrons. The minimum Gasteiger partial charge on any atom is -0.497 e. The van der Waals surface area contributed by atoms with Gasteiger partial charge in [-0.05, 0) is 54.1 Å². The van der Waals surface area contributed by atoms with E-state index in [1.807, 2.05) is 24.3 Å². The van der Waals surface area contributed by atoms with Gasteiger partial charge >= 0.3 is 0 Å². The summed E-state index contributed by atoms with van der Waals surface area (Å²) < 4.78 is 35.5. The van der Waals surface area contributed by atoms with Crippen LogP contribution >= 0.6 is 0 Å². The summed E-state index contributed by atoms with van der Waals surface area (Å²) in [5, 5.41) is 10.8. The van der Waals surface area contributed by atoms with E-state index in [0.717, 1.165) is 11.3 Å². The van der Waals surface area contributed by atoms with E-state index in [2.05, 4.69) is 15.5 Å². The quantitative estimate of drug-likeness (QED) is 0.669. The van der Waals surface area contributed by atoms with Crippen molar-refractivity contribution in [3.63, 3.8) is 0 Å². The molecule has 27 heavy (non-hydrogen) atoms. The van der Waals surface area contributed by atoms with E-state index >= 15 is 0 Å². The SMILES string of the molecule is COc1ccc(S(=O)(=O)c2ccc(NCc3cccc(OC)c3)nn2)cc1. The Balaban J connectivity index is 1.72. The molecule has 0 bridgehead atoms. The molecule has 0 aliphatic carbocycles. The number of methoxy groups -OCH3 is 2. The second-order valence-corrected chi connectivity index (χ2v) is 7.54. The summed E-state index contributed by atoms with van der Waals surface area (Å²) in [6.07, 6.45) is 0. The first-order valence-electron chi connectivity index (χ1n) is 8.12. The number of hydrogen-bond donors (Lipinski definition) is 1. The third kappa shape index (κ3) is 4.35. The van der Waals surface area contributed by atoms with Crippen LogP contribution in [0.2, 0.25) is 0 Å². The molecule has 8 heteroatoms. The smallest absolute Gasteiger partial charge is 0.225 e. The lowest BCUT2D eigenvalue weighted by molar-refractivity contribution is 0.414. The van der Waals surface area contributed by atoms with Crippen LogP contribution in [0.15, 0.2) is 70.6 Å². The van der Waals surface area contributed by atoms with Gasteiger partial charge < -0.3 is 14.8 Å². The van der Waals surface area contributed by atoms with E-state index in [9.17, 15) is 8.42 Å². The van der Waals surface area contributed by atoms with Crippen molar-refractivity contribution in [2.24, 2.45) is 0 Å². The standard InChI is InChI=1S/C19H19N3O4S/c1-25-15-6-8-17(9-7-15)27(23,24)19-11-10-18(21-22-19)20-13-14-4-3-5-16(12-14)26-2/h3-12H,13H2,1-2H3,(H,20,21). The van der Waals surface area contributed by atoms with E-state index < -0.39 is 9.84 Å². The Kier molecular flexibility index (Phi) is 5.56. The van der Waals surface area contributed by atoms with Crippen molar-refractivity contribution < 1.29 is 17.9 Å². The van der Waals surface area contributed by atoms with Crippen molar-refractivity contribution in [1.82, 2.24) is 10.2 Å². The minimum atomic E-state index is -3.73. The lowest BCUT2D eigenvalue weighted by Gasteiger charge is -2.08.